The van der Waals surface area contributed by atoms with E-state index in [9.17, 15) is 14.4 Å². The maximum absolute atomic E-state index is 13.0. The van der Waals surface area contributed by atoms with Gasteiger partial charge in [-0.2, -0.15) is 0 Å². The van der Waals surface area contributed by atoms with Gasteiger partial charge < -0.3 is 10.2 Å². The van der Waals surface area contributed by atoms with Crippen LogP contribution in [0.3, 0.4) is 0 Å². The lowest BCUT2D eigenvalue weighted by Gasteiger charge is -2.27. The minimum atomic E-state index is -1.24. The van der Waals surface area contributed by atoms with Crippen LogP contribution in [-0.2, 0) is 19.9 Å². The monoisotopic (exact) mass is 315 g/mol. The molecule has 112 valence electrons. The Kier molecular flexibility index (Phi) is 2.51. The van der Waals surface area contributed by atoms with Gasteiger partial charge in [-0.25, -0.2) is 0 Å². The fraction of sp³-hybridized carbons (Fsp3) is 0.267. The van der Waals surface area contributed by atoms with Crippen LogP contribution in [0.15, 0.2) is 35.4 Å². The quantitative estimate of drug-likeness (QED) is 0.469. The number of amides is 3. The van der Waals surface area contributed by atoms with Gasteiger partial charge >= 0.3 is 0 Å². The molecule has 1 aromatic rings. The molecule has 2 N–H and O–H groups in total. The van der Waals surface area contributed by atoms with E-state index in [1.807, 2.05) is 24.3 Å². The zero-order valence-electron chi connectivity index (χ0n) is 11.7. The van der Waals surface area contributed by atoms with E-state index in [0.29, 0.717) is 11.3 Å². The van der Waals surface area contributed by atoms with Crippen molar-refractivity contribution >= 4 is 36.0 Å². The first-order chi connectivity index (χ1) is 10.5. The molecular weight excluding hydrogens is 302 g/mol. The molecule has 0 radical (unpaired) electrons. The van der Waals surface area contributed by atoms with E-state index < -0.39 is 23.3 Å². The number of nitrogens with zero attached hydrogens (tertiary/aromatic N) is 1. The van der Waals surface area contributed by atoms with Crippen molar-refractivity contribution in [3.05, 3.63) is 40.9 Å². The third-order valence-electron chi connectivity index (χ3n) is 4.76. The standard InChI is InChI=1S/C15H13N3O3S/c1-18-9-5-3-2-4-7(9)15(14(18)21)11-10(8(6-22)17-15)12(19)16-13(11)20/h2-6,10-11,17,22H,1H3,(H,16,19,20). The van der Waals surface area contributed by atoms with E-state index in [2.05, 4.69) is 23.3 Å². The summed E-state index contributed by atoms with van der Waals surface area (Å²) in [5, 5.41) is 6.92. The Bertz CT molecular complexity index is 775. The summed E-state index contributed by atoms with van der Waals surface area (Å²) in [5.41, 5.74) is 0.717. The molecule has 2 saturated heterocycles. The molecule has 1 spiro atoms. The second-order valence-electron chi connectivity index (χ2n) is 5.71. The number of likely N-dealkylation sites (N-methyl/N-ethyl adjacent to an activating group) is 1. The van der Waals surface area contributed by atoms with Gasteiger partial charge in [0.1, 0.15) is 0 Å². The van der Waals surface area contributed by atoms with E-state index >= 15 is 0 Å². The van der Waals surface area contributed by atoms with Gasteiger partial charge in [-0.15, -0.1) is 12.6 Å². The average Bonchev–Trinajstić information content (AvgIpc) is 3.09. The smallest absolute Gasteiger partial charge is 0.258 e. The maximum atomic E-state index is 13.0. The molecule has 22 heavy (non-hydrogen) atoms. The molecule has 3 aliphatic heterocycles. The number of imide groups is 1. The van der Waals surface area contributed by atoms with Crippen LogP contribution in [0.1, 0.15) is 5.56 Å². The third-order valence-corrected chi connectivity index (χ3v) is 5.04. The molecule has 0 saturated carbocycles. The highest BCUT2D eigenvalue weighted by atomic mass is 32.1. The van der Waals surface area contributed by atoms with Crippen molar-refractivity contribution in [2.75, 3.05) is 11.9 Å². The number of fused-ring (bicyclic) bond motifs is 4. The highest BCUT2D eigenvalue weighted by Crippen LogP contribution is 2.53. The predicted octanol–water partition coefficient (Wildman–Crippen LogP) is 0.122. The first-order valence-corrected chi connectivity index (χ1v) is 7.39. The lowest BCUT2D eigenvalue weighted by Crippen LogP contribution is -2.52. The number of rotatable bonds is 0. The van der Waals surface area contributed by atoms with E-state index in [1.165, 1.54) is 10.3 Å². The lowest BCUT2D eigenvalue weighted by molar-refractivity contribution is -0.133. The Balaban J connectivity index is 2.01. The Morgan fingerprint density at radius 2 is 1.95 bits per heavy atom. The Hall–Kier alpha value is -2.28. The van der Waals surface area contributed by atoms with E-state index in [-0.39, 0.29) is 11.8 Å². The van der Waals surface area contributed by atoms with Crippen LogP contribution in [0.5, 0.6) is 0 Å². The van der Waals surface area contributed by atoms with Crippen molar-refractivity contribution in [2.45, 2.75) is 5.54 Å². The Morgan fingerprint density at radius 3 is 2.68 bits per heavy atom. The van der Waals surface area contributed by atoms with E-state index in [1.54, 1.807) is 7.05 Å². The molecule has 2 fully saturated rings. The number of anilines is 1. The van der Waals surface area contributed by atoms with Crippen molar-refractivity contribution in [3.8, 4) is 0 Å². The second-order valence-corrected chi connectivity index (χ2v) is 5.97. The van der Waals surface area contributed by atoms with Crippen molar-refractivity contribution in [1.29, 1.82) is 0 Å². The largest absolute Gasteiger partial charge is 0.369 e. The van der Waals surface area contributed by atoms with Gasteiger partial charge in [0.05, 0.1) is 11.8 Å². The molecule has 7 heteroatoms. The van der Waals surface area contributed by atoms with Gasteiger partial charge in [0, 0.05) is 24.0 Å². The summed E-state index contributed by atoms with van der Waals surface area (Å²) >= 11 is 4.13. The molecule has 0 aliphatic carbocycles. The van der Waals surface area contributed by atoms with Gasteiger partial charge in [-0.1, -0.05) is 18.2 Å². The van der Waals surface area contributed by atoms with Crippen molar-refractivity contribution in [3.63, 3.8) is 0 Å². The number of benzene rings is 1. The summed E-state index contributed by atoms with van der Waals surface area (Å²) < 4.78 is 0. The lowest BCUT2D eigenvalue weighted by atomic mass is 9.77. The van der Waals surface area contributed by atoms with Crippen molar-refractivity contribution < 1.29 is 14.4 Å². The van der Waals surface area contributed by atoms with Crippen LogP contribution in [0.2, 0.25) is 0 Å². The van der Waals surface area contributed by atoms with Crippen LogP contribution in [0.4, 0.5) is 5.69 Å². The van der Waals surface area contributed by atoms with E-state index in [4.69, 9.17) is 0 Å². The molecule has 1 aromatic carbocycles. The van der Waals surface area contributed by atoms with Crippen molar-refractivity contribution in [2.24, 2.45) is 11.8 Å². The first kappa shape index (κ1) is 13.4. The fourth-order valence-corrected chi connectivity index (χ4v) is 4.08. The normalized spacial score (nSPS) is 34.2. The van der Waals surface area contributed by atoms with Gasteiger partial charge in [-0.3, -0.25) is 19.7 Å². The molecule has 4 rings (SSSR count). The fourth-order valence-electron chi connectivity index (χ4n) is 3.85. The molecule has 3 amide bonds. The van der Waals surface area contributed by atoms with Gasteiger partial charge in [0.25, 0.3) is 5.91 Å². The number of carbonyl (C=O) groups excluding carboxylic acids is 3. The summed E-state index contributed by atoms with van der Waals surface area (Å²) in [6, 6.07) is 7.30. The third kappa shape index (κ3) is 1.30. The number of nitrogens with one attached hydrogen (secondary N) is 2. The SMILES string of the molecule is CN1C(=O)C2(NC(=CS)C3C(=O)NC(=O)C32)c2ccccc21. The molecule has 3 aliphatic rings. The molecule has 0 bridgehead atoms. The second kappa shape index (κ2) is 4.13. The molecular formula is C15H13N3O3S. The molecule has 0 aromatic heterocycles. The average molecular weight is 315 g/mol. The molecule has 6 nitrogen and oxygen atoms in total. The van der Waals surface area contributed by atoms with Crippen LogP contribution in [-0.4, -0.2) is 24.8 Å². The zero-order chi connectivity index (χ0) is 15.6. The van der Waals surface area contributed by atoms with Crippen molar-refractivity contribution in [1.82, 2.24) is 10.6 Å². The first-order valence-electron chi connectivity index (χ1n) is 6.87. The predicted molar refractivity (Wildman–Crippen MR) is 81.9 cm³/mol. The Morgan fingerprint density at radius 1 is 1.23 bits per heavy atom. The zero-order valence-corrected chi connectivity index (χ0v) is 12.6. The topological polar surface area (TPSA) is 78.5 Å². The minimum Gasteiger partial charge on any atom is -0.369 e. The van der Waals surface area contributed by atoms with Crippen LogP contribution in [0.25, 0.3) is 0 Å². The maximum Gasteiger partial charge on any atom is 0.258 e. The number of thiol groups is 1. The molecule has 3 unspecified atom stereocenters. The summed E-state index contributed by atoms with van der Waals surface area (Å²) in [5.74, 6) is -2.55. The van der Waals surface area contributed by atoms with Crippen LogP contribution >= 0.6 is 12.6 Å². The number of para-hydroxylation sites is 1. The molecule has 3 atom stereocenters. The summed E-state index contributed by atoms with van der Waals surface area (Å²) in [6.07, 6.45) is 0. The number of hydrogen-bond acceptors (Lipinski definition) is 5. The highest BCUT2D eigenvalue weighted by Gasteiger charge is 2.68. The number of hydrogen-bond donors (Lipinski definition) is 3. The van der Waals surface area contributed by atoms with Gasteiger partial charge in [0.15, 0.2) is 5.54 Å². The Labute approximate surface area is 132 Å². The minimum absolute atomic E-state index is 0.237. The van der Waals surface area contributed by atoms with E-state index in [0.717, 1.165) is 5.69 Å². The summed E-state index contributed by atoms with van der Waals surface area (Å²) in [7, 11) is 1.67. The van der Waals surface area contributed by atoms with Crippen LogP contribution < -0.4 is 15.5 Å². The van der Waals surface area contributed by atoms with Gasteiger partial charge in [-0.05, 0) is 11.5 Å². The summed E-state index contributed by atoms with van der Waals surface area (Å²) in [4.78, 5) is 38.9. The number of carbonyl (C=O) groups is 3. The van der Waals surface area contributed by atoms with Gasteiger partial charge in [0.2, 0.25) is 11.8 Å². The summed E-state index contributed by atoms with van der Waals surface area (Å²) in [6.45, 7) is 0. The van der Waals surface area contributed by atoms with Crippen LogP contribution in [0, 0.1) is 11.8 Å². The molecule has 3 heterocycles. The highest BCUT2D eigenvalue weighted by molar-refractivity contribution is 7.83.